The zero-order chi connectivity index (χ0) is 18.8. The maximum atomic E-state index is 14.6. The third-order valence-corrected chi connectivity index (χ3v) is 5.55. The van der Waals surface area contributed by atoms with Crippen molar-refractivity contribution in [2.24, 2.45) is 0 Å². The van der Waals surface area contributed by atoms with E-state index in [-0.39, 0.29) is 11.7 Å². The first kappa shape index (κ1) is 18.1. The number of para-hydroxylation sites is 1. The van der Waals surface area contributed by atoms with E-state index in [9.17, 15) is 4.39 Å². The molecule has 1 aliphatic rings. The number of hydrogen-bond acceptors (Lipinski definition) is 4. The standard InChI is InChI=1S/C21H27FN4O/c1-14(2)18-16-12-9-13-17(22)19(16)26(24-18)21-23-20(27-25-21)15-10-7-5-3-4-6-8-11-15/h9,12-15H,3-8,10-11H2,1-2H3. The first-order valence-corrected chi connectivity index (χ1v) is 10.2. The van der Waals surface area contributed by atoms with E-state index in [1.165, 1.54) is 49.3 Å². The fourth-order valence-corrected chi connectivity index (χ4v) is 4.08. The summed E-state index contributed by atoms with van der Waals surface area (Å²) in [7, 11) is 0. The predicted molar refractivity (Wildman–Crippen MR) is 103 cm³/mol. The van der Waals surface area contributed by atoms with Crippen molar-refractivity contribution in [1.29, 1.82) is 0 Å². The molecule has 0 amide bonds. The second-order valence-electron chi connectivity index (χ2n) is 7.92. The molecule has 0 radical (unpaired) electrons. The molecule has 0 unspecified atom stereocenters. The van der Waals surface area contributed by atoms with Crippen LogP contribution in [0.3, 0.4) is 0 Å². The summed E-state index contributed by atoms with van der Waals surface area (Å²) in [6.07, 6.45) is 9.71. The lowest BCUT2D eigenvalue weighted by molar-refractivity contribution is 0.332. The van der Waals surface area contributed by atoms with Crippen LogP contribution in [0.4, 0.5) is 4.39 Å². The fraction of sp³-hybridized carbons (Fsp3) is 0.571. The molecule has 0 aliphatic heterocycles. The number of rotatable bonds is 3. The van der Waals surface area contributed by atoms with E-state index >= 15 is 0 Å². The van der Waals surface area contributed by atoms with Gasteiger partial charge in [0, 0.05) is 11.3 Å². The maximum Gasteiger partial charge on any atom is 0.291 e. The molecule has 1 fully saturated rings. The van der Waals surface area contributed by atoms with Gasteiger partial charge in [-0.25, -0.2) is 4.39 Å². The summed E-state index contributed by atoms with van der Waals surface area (Å²) in [6.45, 7) is 4.10. The first-order valence-electron chi connectivity index (χ1n) is 10.2. The van der Waals surface area contributed by atoms with Crippen LogP contribution in [0, 0.1) is 5.82 Å². The second kappa shape index (κ2) is 7.79. The van der Waals surface area contributed by atoms with Crippen LogP contribution in [0.5, 0.6) is 0 Å². The van der Waals surface area contributed by atoms with Gasteiger partial charge in [0.15, 0.2) is 0 Å². The Balaban J connectivity index is 1.70. The summed E-state index contributed by atoms with van der Waals surface area (Å²) in [5, 5.41) is 9.57. The van der Waals surface area contributed by atoms with Crippen molar-refractivity contribution in [1.82, 2.24) is 19.9 Å². The van der Waals surface area contributed by atoms with Gasteiger partial charge in [0.25, 0.3) is 5.95 Å². The van der Waals surface area contributed by atoms with E-state index in [1.807, 2.05) is 6.07 Å². The monoisotopic (exact) mass is 370 g/mol. The summed E-state index contributed by atoms with van der Waals surface area (Å²) in [4.78, 5) is 4.63. The molecule has 2 aromatic heterocycles. The van der Waals surface area contributed by atoms with Crippen LogP contribution in [0.15, 0.2) is 22.7 Å². The molecule has 2 heterocycles. The van der Waals surface area contributed by atoms with Crippen molar-refractivity contribution in [2.45, 2.75) is 77.0 Å². The van der Waals surface area contributed by atoms with Gasteiger partial charge in [-0.3, -0.25) is 0 Å². The molecule has 0 atom stereocenters. The fourth-order valence-electron chi connectivity index (χ4n) is 4.08. The highest BCUT2D eigenvalue weighted by Gasteiger charge is 2.23. The Kier molecular flexibility index (Phi) is 5.23. The van der Waals surface area contributed by atoms with Crippen LogP contribution < -0.4 is 0 Å². The molecule has 3 aromatic rings. The van der Waals surface area contributed by atoms with E-state index < -0.39 is 0 Å². The van der Waals surface area contributed by atoms with E-state index in [0.717, 1.165) is 23.9 Å². The van der Waals surface area contributed by atoms with Gasteiger partial charge in [0.05, 0.1) is 5.69 Å². The summed E-state index contributed by atoms with van der Waals surface area (Å²) in [5.74, 6) is 1.14. The minimum Gasteiger partial charge on any atom is -0.337 e. The van der Waals surface area contributed by atoms with Crippen LogP contribution in [0.1, 0.15) is 88.6 Å². The number of aromatic nitrogens is 4. The van der Waals surface area contributed by atoms with Crippen LogP contribution in [-0.4, -0.2) is 19.9 Å². The molecule has 1 saturated carbocycles. The van der Waals surface area contributed by atoms with Gasteiger partial charge in [-0.15, -0.1) is 0 Å². The molecule has 144 valence electrons. The number of halogens is 1. The number of hydrogen-bond donors (Lipinski definition) is 0. The average Bonchev–Trinajstić information content (AvgIpc) is 3.29. The lowest BCUT2D eigenvalue weighted by Gasteiger charge is -2.10. The average molecular weight is 370 g/mol. The van der Waals surface area contributed by atoms with Crippen molar-refractivity contribution in [3.05, 3.63) is 35.6 Å². The van der Waals surface area contributed by atoms with Gasteiger partial charge < -0.3 is 4.52 Å². The molecule has 5 nitrogen and oxygen atoms in total. The van der Waals surface area contributed by atoms with Crippen molar-refractivity contribution < 1.29 is 8.91 Å². The van der Waals surface area contributed by atoms with Gasteiger partial charge in [0.2, 0.25) is 5.89 Å². The molecule has 1 aromatic carbocycles. The van der Waals surface area contributed by atoms with Crippen molar-refractivity contribution >= 4 is 10.9 Å². The van der Waals surface area contributed by atoms with Gasteiger partial charge in [0.1, 0.15) is 11.3 Å². The second-order valence-corrected chi connectivity index (χ2v) is 7.92. The third kappa shape index (κ3) is 3.62. The Morgan fingerprint density at radius 2 is 1.78 bits per heavy atom. The minimum absolute atomic E-state index is 0.177. The highest BCUT2D eigenvalue weighted by atomic mass is 19.1. The zero-order valence-corrected chi connectivity index (χ0v) is 16.1. The zero-order valence-electron chi connectivity index (χ0n) is 16.1. The molecular formula is C21H27FN4O. The first-order chi connectivity index (χ1) is 13.1. The van der Waals surface area contributed by atoms with Crippen LogP contribution in [0.25, 0.3) is 16.9 Å². The van der Waals surface area contributed by atoms with Crippen LogP contribution in [0.2, 0.25) is 0 Å². The topological polar surface area (TPSA) is 56.7 Å². The Bertz CT molecular complexity index is 904. The maximum absolute atomic E-state index is 14.6. The SMILES string of the molecule is CC(C)c1nn(-c2noc(C3CCCCCCCC3)n2)c2c(F)cccc12. The summed E-state index contributed by atoms with van der Waals surface area (Å²) in [5.41, 5.74) is 1.27. The molecule has 27 heavy (non-hydrogen) atoms. The van der Waals surface area contributed by atoms with Crippen LogP contribution >= 0.6 is 0 Å². The molecule has 1 aliphatic carbocycles. The largest absolute Gasteiger partial charge is 0.337 e. The van der Waals surface area contributed by atoms with Crippen molar-refractivity contribution in [2.75, 3.05) is 0 Å². The van der Waals surface area contributed by atoms with Gasteiger partial charge in [-0.2, -0.15) is 14.8 Å². The highest BCUT2D eigenvalue weighted by molar-refractivity contribution is 5.84. The van der Waals surface area contributed by atoms with Crippen molar-refractivity contribution in [3.63, 3.8) is 0 Å². The van der Waals surface area contributed by atoms with Gasteiger partial charge in [-0.05, 0) is 30.0 Å². The smallest absolute Gasteiger partial charge is 0.291 e. The Labute approximate surface area is 159 Å². The van der Waals surface area contributed by atoms with Crippen LogP contribution in [-0.2, 0) is 0 Å². The van der Waals surface area contributed by atoms with Gasteiger partial charge in [-0.1, -0.05) is 64.5 Å². The lowest BCUT2D eigenvalue weighted by Crippen LogP contribution is -2.03. The molecule has 0 saturated heterocycles. The molecule has 0 N–H and O–H groups in total. The van der Waals surface area contributed by atoms with E-state index in [0.29, 0.717) is 23.3 Å². The Morgan fingerprint density at radius 1 is 1.07 bits per heavy atom. The molecular weight excluding hydrogens is 343 g/mol. The molecule has 4 rings (SSSR count). The predicted octanol–water partition coefficient (Wildman–Crippen LogP) is 5.89. The number of fused-ring (bicyclic) bond motifs is 1. The normalized spacial score (nSPS) is 17.2. The van der Waals surface area contributed by atoms with Crippen molar-refractivity contribution in [3.8, 4) is 5.95 Å². The Hall–Kier alpha value is -2.24. The quantitative estimate of drug-likeness (QED) is 0.577. The van der Waals surface area contributed by atoms with E-state index in [2.05, 4.69) is 29.1 Å². The number of nitrogens with zero attached hydrogens (tertiary/aromatic N) is 4. The molecule has 6 heteroatoms. The lowest BCUT2D eigenvalue weighted by atomic mass is 9.97. The minimum atomic E-state index is -0.319. The molecule has 0 bridgehead atoms. The Morgan fingerprint density at radius 3 is 2.48 bits per heavy atom. The highest BCUT2D eigenvalue weighted by Crippen LogP contribution is 2.31. The van der Waals surface area contributed by atoms with E-state index in [1.54, 1.807) is 6.07 Å². The number of benzene rings is 1. The summed E-state index contributed by atoms with van der Waals surface area (Å²) in [6, 6.07) is 5.06. The van der Waals surface area contributed by atoms with E-state index in [4.69, 9.17) is 4.52 Å². The summed E-state index contributed by atoms with van der Waals surface area (Å²) >= 11 is 0. The third-order valence-electron chi connectivity index (χ3n) is 5.55. The summed E-state index contributed by atoms with van der Waals surface area (Å²) < 4.78 is 21.7. The van der Waals surface area contributed by atoms with Gasteiger partial charge >= 0.3 is 0 Å². The molecule has 0 spiro atoms.